The second-order valence-corrected chi connectivity index (χ2v) is 5.11. The van der Waals surface area contributed by atoms with E-state index in [2.05, 4.69) is 17.2 Å². The van der Waals surface area contributed by atoms with E-state index in [1.807, 2.05) is 38.1 Å². The van der Waals surface area contributed by atoms with Gasteiger partial charge in [-0.1, -0.05) is 6.92 Å². The van der Waals surface area contributed by atoms with Gasteiger partial charge in [0.05, 0.1) is 12.1 Å². The van der Waals surface area contributed by atoms with Crippen LogP contribution in [-0.4, -0.2) is 18.1 Å². The van der Waals surface area contributed by atoms with Crippen molar-refractivity contribution in [3.05, 3.63) is 24.3 Å². The van der Waals surface area contributed by atoms with E-state index in [9.17, 15) is 0 Å². The van der Waals surface area contributed by atoms with Crippen LogP contribution in [-0.2, 0) is 0 Å². The number of nitrogens with zero attached hydrogens (tertiary/aromatic N) is 1. The van der Waals surface area contributed by atoms with Crippen molar-refractivity contribution in [2.24, 2.45) is 16.6 Å². The maximum absolute atomic E-state index is 5.84. The second-order valence-electron chi connectivity index (χ2n) is 5.11. The van der Waals surface area contributed by atoms with Crippen LogP contribution in [0.5, 0.6) is 5.75 Å². The average Bonchev–Trinajstić information content (AvgIpc) is 2.96. The monoisotopic (exact) mass is 247 g/mol. The molecule has 98 valence electrons. The number of benzene rings is 1. The summed E-state index contributed by atoms with van der Waals surface area (Å²) in [4.78, 5) is 4.39. The molecule has 1 saturated carbocycles. The summed E-state index contributed by atoms with van der Waals surface area (Å²) in [5.74, 6) is 2.02. The van der Waals surface area contributed by atoms with Crippen LogP contribution in [0, 0.1) is 5.92 Å². The lowest BCUT2D eigenvalue weighted by molar-refractivity contribution is 0.242. The van der Waals surface area contributed by atoms with E-state index >= 15 is 0 Å². The minimum atomic E-state index is 0.187. The summed E-state index contributed by atoms with van der Waals surface area (Å²) in [6, 6.07) is 8.14. The van der Waals surface area contributed by atoms with Gasteiger partial charge >= 0.3 is 0 Å². The van der Waals surface area contributed by atoms with Gasteiger partial charge in [-0.2, -0.15) is 0 Å². The Morgan fingerprint density at radius 3 is 2.50 bits per heavy atom. The Kier molecular flexibility index (Phi) is 3.75. The van der Waals surface area contributed by atoms with Gasteiger partial charge in [0.25, 0.3) is 0 Å². The number of rotatable bonds is 4. The zero-order chi connectivity index (χ0) is 13.1. The molecule has 0 aliphatic heterocycles. The van der Waals surface area contributed by atoms with Crippen molar-refractivity contribution in [1.82, 2.24) is 0 Å². The fourth-order valence-corrected chi connectivity index (χ4v) is 1.73. The highest BCUT2D eigenvalue weighted by Gasteiger charge is 2.32. The Morgan fingerprint density at radius 1 is 1.39 bits per heavy atom. The summed E-state index contributed by atoms with van der Waals surface area (Å²) in [5, 5.41) is 3.09. The topological polar surface area (TPSA) is 59.6 Å². The van der Waals surface area contributed by atoms with Crippen LogP contribution in [0.15, 0.2) is 29.3 Å². The molecule has 0 amide bonds. The number of ether oxygens (including phenoxy) is 1. The molecule has 4 heteroatoms. The van der Waals surface area contributed by atoms with E-state index in [0.717, 1.165) is 17.9 Å². The second kappa shape index (κ2) is 5.29. The lowest BCUT2D eigenvalue weighted by Crippen LogP contribution is -2.23. The van der Waals surface area contributed by atoms with Gasteiger partial charge in [0, 0.05) is 5.69 Å². The molecule has 0 bridgehead atoms. The Labute approximate surface area is 108 Å². The highest BCUT2D eigenvalue weighted by molar-refractivity contribution is 5.92. The molecule has 2 rings (SSSR count). The number of nitrogens with two attached hydrogens (primary N) is 1. The van der Waals surface area contributed by atoms with Crippen LogP contribution in [0.2, 0.25) is 0 Å². The van der Waals surface area contributed by atoms with Crippen molar-refractivity contribution >= 4 is 11.6 Å². The summed E-state index contributed by atoms with van der Waals surface area (Å²) in [7, 11) is 0. The minimum absolute atomic E-state index is 0.187. The molecule has 0 spiro atoms. The van der Waals surface area contributed by atoms with Gasteiger partial charge in [0.15, 0.2) is 5.96 Å². The number of hydrogen-bond donors (Lipinski definition) is 2. The van der Waals surface area contributed by atoms with Crippen molar-refractivity contribution in [2.45, 2.75) is 39.3 Å². The molecule has 1 fully saturated rings. The molecular weight excluding hydrogens is 226 g/mol. The van der Waals surface area contributed by atoms with E-state index in [4.69, 9.17) is 10.5 Å². The normalized spacial score (nSPS) is 23.0. The standard InChI is InChI=1S/C14H21N3O/c1-9(2)18-12-6-4-11(5-7-12)16-14(15)17-13-8-10(13)3/h4-7,9-10,13H,8H2,1-3H3,(H3,15,16,17)/t10-,13-/m1/s1. The number of guanidine groups is 1. The number of nitrogens with one attached hydrogen (secondary N) is 1. The first-order chi connectivity index (χ1) is 8.54. The predicted molar refractivity (Wildman–Crippen MR) is 75.0 cm³/mol. The van der Waals surface area contributed by atoms with Gasteiger partial charge in [0.2, 0.25) is 0 Å². The summed E-state index contributed by atoms with van der Waals surface area (Å²) in [6.07, 6.45) is 1.33. The van der Waals surface area contributed by atoms with Gasteiger partial charge in [0.1, 0.15) is 5.75 Å². The Bertz CT molecular complexity index is 425. The van der Waals surface area contributed by atoms with Crippen molar-refractivity contribution in [3.63, 3.8) is 0 Å². The summed E-state index contributed by atoms with van der Waals surface area (Å²) >= 11 is 0. The Hall–Kier alpha value is -1.71. The molecule has 2 atom stereocenters. The Balaban J connectivity index is 1.91. The molecule has 1 aliphatic rings. The van der Waals surface area contributed by atoms with Crippen molar-refractivity contribution < 1.29 is 4.74 Å². The third-order valence-electron chi connectivity index (χ3n) is 2.87. The highest BCUT2D eigenvalue weighted by atomic mass is 16.5. The number of anilines is 1. The van der Waals surface area contributed by atoms with E-state index in [0.29, 0.717) is 17.9 Å². The Morgan fingerprint density at radius 2 is 2.00 bits per heavy atom. The molecule has 1 aliphatic carbocycles. The van der Waals surface area contributed by atoms with Crippen LogP contribution in [0.3, 0.4) is 0 Å². The minimum Gasteiger partial charge on any atom is -0.491 e. The lowest BCUT2D eigenvalue weighted by atomic mass is 10.3. The molecule has 0 unspecified atom stereocenters. The molecule has 0 aromatic heterocycles. The number of aliphatic imine (C=N–C) groups is 1. The van der Waals surface area contributed by atoms with Crippen LogP contribution in [0.4, 0.5) is 5.69 Å². The molecule has 1 aromatic rings. The average molecular weight is 247 g/mol. The summed E-state index contributed by atoms with van der Waals surface area (Å²) < 4.78 is 5.57. The molecular formula is C14H21N3O. The van der Waals surface area contributed by atoms with Gasteiger partial charge < -0.3 is 15.8 Å². The molecule has 0 heterocycles. The third-order valence-corrected chi connectivity index (χ3v) is 2.87. The van der Waals surface area contributed by atoms with E-state index in [1.54, 1.807) is 0 Å². The van der Waals surface area contributed by atoms with Crippen LogP contribution in [0.25, 0.3) is 0 Å². The molecule has 18 heavy (non-hydrogen) atoms. The van der Waals surface area contributed by atoms with Gasteiger partial charge in [-0.3, -0.25) is 0 Å². The maximum Gasteiger partial charge on any atom is 0.193 e. The van der Waals surface area contributed by atoms with Crippen molar-refractivity contribution in [1.29, 1.82) is 0 Å². The largest absolute Gasteiger partial charge is 0.491 e. The van der Waals surface area contributed by atoms with Gasteiger partial charge in [-0.15, -0.1) is 0 Å². The fraction of sp³-hybridized carbons (Fsp3) is 0.500. The predicted octanol–water partition coefficient (Wildman–Crippen LogP) is 2.61. The highest BCUT2D eigenvalue weighted by Crippen LogP contribution is 2.32. The first-order valence-electron chi connectivity index (χ1n) is 6.41. The molecule has 0 radical (unpaired) electrons. The van der Waals surface area contributed by atoms with Gasteiger partial charge in [-0.25, -0.2) is 4.99 Å². The SMILES string of the molecule is CC(C)Oc1ccc(NC(N)=N[C@@H]2C[C@H]2C)cc1. The van der Waals surface area contributed by atoms with E-state index in [1.165, 1.54) is 0 Å². The molecule has 3 N–H and O–H groups in total. The quantitative estimate of drug-likeness (QED) is 0.635. The van der Waals surface area contributed by atoms with E-state index < -0.39 is 0 Å². The van der Waals surface area contributed by atoms with E-state index in [-0.39, 0.29) is 6.10 Å². The van der Waals surface area contributed by atoms with Crippen molar-refractivity contribution in [3.8, 4) is 5.75 Å². The molecule has 1 aromatic carbocycles. The molecule has 4 nitrogen and oxygen atoms in total. The first kappa shape index (κ1) is 12.7. The van der Waals surface area contributed by atoms with Gasteiger partial charge in [-0.05, 0) is 50.5 Å². The summed E-state index contributed by atoms with van der Waals surface area (Å²) in [5.41, 5.74) is 6.77. The smallest absolute Gasteiger partial charge is 0.193 e. The lowest BCUT2D eigenvalue weighted by Gasteiger charge is -2.10. The third kappa shape index (κ3) is 3.65. The number of hydrogen-bond acceptors (Lipinski definition) is 2. The first-order valence-corrected chi connectivity index (χ1v) is 6.41. The van der Waals surface area contributed by atoms with Crippen LogP contribution in [0.1, 0.15) is 27.2 Å². The van der Waals surface area contributed by atoms with Crippen LogP contribution < -0.4 is 15.8 Å². The summed E-state index contributed by atoms with van der Waals surface area (Å²) in [6.45, 7) is 6.20. The van der Waals surface area contributed by atoms with Crippen LogP contribution >= 0.6 is 0 Å². The fourth-order valence-electron chi connectivity index (χ4n) is 1.73. The molecule has 0 saturated heterocycles. The maximum atomic E-state index is 5.84. The van der Waals surface area contributed by atoms with Crippen molar-refractivity contribution in [2.75, 3.05) is 5.32 Å². The zero-order valence-corrected chi connectivity index (χ0v) is 11.2. The zero-order valence-electron chi connectivity index (χ0n) is 11.2.